The summed E-state index contributed by atoms with van der Waals surface area (Å²) in [5, 5.41) is 4.25. The van der Waals surface area contributed by atoms with Crippen LogP contribution in [0.5, 0.6) is 0 Å². The van der Waals surface area contributed by atoms with E-state index >= 15 is 0 Å². The van der Waals surface area contributed by atoms with Crippen molar-refractivity contribution < 1.29 is 13.9 Å². The topological polar surface area (TPSA) is 81.4 Å². The fourth-order valence-corrected chi connectivity index (χ4v) is 2.42. The number of anilines is 1. The predicted molar refractivity (Wildman–Crippen MR) is 86.4 cm³/mol. The molecule has 0 atom stereocenters. The number of hydrogen-bond donors (Lipinski definition) is 1. The van der Waals surface area contributed by atoms with E-state index < -0.39 is 11.6 Å². The molecule has 0 amide bonds. The highest BCUT2D eigenvalue weighted by Crippen LogP contribution is 2.31. The van der Waals surface area contributed by atoms with E-state index in [0.29, 0.717) is 23.1 Å². The van der Waals surface area contributed by atoms with Gasteiger partial charge in [0.05, 0.1) is 19.2 Å². The van der Waals surface area contributed by atoms with Crippen molar-refractivity contribution in [2.24, 2.45) is 0 Å². The van der Waals surface area contributed by atoms with Crippen LogP contribution in [0, 0.1) is 12.3 Å². The molecule has 0 saturated carbocycles. The van der Waals surface area contributed by atoms with Crippen molar-refractivity contribution in [2.45, 2.75) is 0 Å². The van der Waals surface area contributed by atoms with Gasteiger partial charge < -0.3 is 14.5 Å². The Morgan fingerprint density at radius 3 is 3.00 bits per heavy atom. The number of terminal acetylenes is 1. The third kappa shape index (κ3) is 2.49. The number of fused-ring (bicyclic) bond motifs is 3. The summed E-state index contributed by atoms with van der Waals surface area (Å²) in [6, 6.07) is 6.39. The number of ether oxygens (including phenoxy) is 1. The fraction of sp³-hybridized carbons (Fsp3) is 0.118. The van der Waals surface area contributed by atoms with Gasteiger partial charge >= 0.3 is 11.6 Å². The Kier molecular flexibility index (Phi) is 3.69. The zero-order valence-electron chi connectivity index (χ0n) is 12.3. The first-order chi connectivity index (χ1) is 11.2. The van der Waals surface area contributed by atoms with Crippen molar-refractivity contribution in [3.05, 3.63) is 46.4 Å². The monoisotopic (exact) mass is 308 g/mol. The van der Waals surface area contributed by atoms with Crippen molar-refractivity contribution >= 4 is 33.5 Å². The summed E-state index contributed by atoms with van der Waals surface area (Å²) < 4.78 is 10.0. The maximum absolute atomic E-state index is 12.0. The highest BCUT2D eigenvalue weighted by atomic mass is 16.5. The summed E-state index contributed by atoms with van der Waals surface area (Å²) in [6.07, 6.45) is 6.87. The van der Waals surface area contributed by atoms with Crippen molar-refractivity contribution in [1.29, 1.82) is 0 Å². The summed E-state index contributed by atoms with van der Waals surface area (Å²) in [7, 11) is 1.25. The molecule has 3 rings (SSSR count). The van der Waals surface area contributed by atoms with Crippen LogP contribution in [0.2, 0.25) is 0 Å². The Morgan fingerprint density at radius 2 is 2.26 bits per heavy atom. The predicted octanol–water partition coefficient (Wildman–Crippen LogP) is 2.17. The lowest BCUT2D eigenvalue weighted by molar-refractivity contribution is 0.0602. The quantitative estimate of drug-likeness (QED) is 0.346. The van der Waals surface area contributed by atoms with E-state index in [9.17, 15) is 9.59 Å². The first-order valence-corrected chi connectivity index (χ1v) is 6.77. The standard InChI is InChI=1S/C17H12N2O4/c1-3-6-18-13-8-11-12(17(21)22-2)9-14(20)23-16(11)15-10(13)5-4-7-19-15/h1,4-5,7-9,18H,6H2,2H3. The van der Waals surface area contributed by atoms with Crippen LogP contribution in [-0.4, -0.2) is 24.6 Å². The molecule has 23 heavy (non-hydrogen) atoms. The SMILES string of the molecule is C#CCNc1cc2c(C(=O)OC)cc(=O)oc2c2ncccc12. The first-order valence-electron chi connectivity index (χ1n) is 6.77. The maximum atomic E-state index is 12.0. The molecular weight excluding hydrogens is 296 g/mol. The highest BCUT2D eigenvalue weighted by Gasteiger charge is 2.18. The van der Waals surface area contributed by atoms with Crippen LogP contribution in [0.3, 0.4) is 0 Å². The fourth-order valence-electron chi connectivity index (χ4n) is 2.42. The van der Waals surface area contributed by atoms with Crippen LogP contribution >= 0.6 is 0 Å². The molecule has 0 radical (unpaired) electrons. The van der Waals surface area contributed by atoms with Gasteiger partial charge in [-0.3, -0.25) is 4.98 Å². The van der Waals surface area contributed by atoms with E-state index in [2.05, 4.69) is 16.2 Å². The average molecular weight is 308 g/mol. The highest BCUT2D eigenvalue weighted by molar-refractivity contribution is 6.13. The lowest BCUT2D eigenvalue weighted by Crippen LogP contribution is -2.09. The van der Waals surface area contributed by atoms with Gasteiger partial charge in [-0.2, -0.15) is 0 Å². The zero-order chi connectivity index (χ0) is 16.4. The Hall–Kier alpha value is -3.33. The zero-order valence-corrected chi connectivity index (χ0v) is 12.3. The molecule has 1 N–H and O–H groups in total. The second kappa shape index (κ2) is 5.81. The van der Waals surface area contributed by atoms with Crippen LogP contribution in [0.15, 0.2) is 39.7 Å². The van der Waals surface area contributed by atoms with E-state index in [-0.39, 0.29) is 11.1 Å². The minimum absolute atomic E-state index is 0.120. The minimum Gasteiger partial charge on any atom is -0.465 e. The largest absolute Gasteiger partial charge is 0.465 e. The first kappa shape index (κ1) is 14.6. The van der Waals surface area contributed by atoms with Gasteiger partial charge in [-0.15, -0.1) is 6.42 Å². The van der Waals surface area contributed by atoms with Crippen LogP contribution in [0.25, 0.3) is 21.9 Å². The van der Waals surface area contributed by atoms with E-state index in [1.807, 2.05) is 6.07 Å². The van der Waals surface area contributed by atoms with Crippen LogP contribution in [0.4, 0.5) is 5.69 Å². The van der Waals surface area contributed by atoms with Crippen LogP contribution < -0.4 is 10.9 Å². The van der Waals surface area contributed by atoms with Gasteiger partial charge in [0.15, 0.2) is 5.58 Å². The number of carbonyl (C=O) groups is 1. The molecule has 0 aliphatic heterocycles. The van der Waals surface area contributed by atoms with Gasteiger partial charge in [-0.1, -0.05) is 5.92 Å². The lowest BCUT2D eigenvalue weighted by Gasteiger charge is -2.11. The summed E-state index contributed by atoms with van der Waals surface area (Å²) in [6.45, 7) is 0.305. The molecule has 0 aliphatic carbocycles. The number of hydrogen-bond acceptors (Lipinski definition) is 6. The Morgan fingerprint density at radius 1 is 1.43 bits per heavy atom. The Bertz CT molecular complexity index is 1010. The number of nitrogens with zero attached hydrogens (tertiary/aromatic N) is 1. The molecule has 6 heteroatoms. The molecule has 0 aliphatic rings. The van der Waals surface area contributed by atoms with Gasteiger partial charge in [0.25, 0.3) is 0 Å². The number of carbonyl (C=O) groups excluding carboxylic acids is 1. The van der Waals surface area contributed by atoms with Gasteiger partial charge in [0.1, 0.15) is 5.52 Å². The van der Waals surface area contributed by atoms with Gasteiger partial charge in [-0.05, 0) is 18.2 Å². The lowest BCUT2D eigenvalue weighted by atomic mass is 10.0. The van der Waals surface area contributed by atoms with Crippen molar-refractivity contribution in [1.82, 2.24) is 4.98 Å². The van der Waals surface area contributed by atoms with Crippen LogP contribution in [-0.2, 0) is 4.74 Å². The molecule has 6 nitrogen and oxygen atoms in total. The summed E-state index contributed by atoms with van der Waals surface area (Å²) in [5.41, 5.74) is 0.869. The molecular formula is C17H12N2O4. The molecule has 1 aromatic carbocycles. The van der Waals surface area contributed by atoms with Gasteiger partial charge in [0, 0.05) is 28.7 Å². The third-order valence-corrected chi connectivity index (χ3v) is 3.39. The Labute approximate surface area is 131 Å². The molecule has 2 heterocycles. The normalized spacial score (nSPS) is 10.4. The number of methoxy groups -OCH3 is 1. The number of nitrogens with one attached hydrogen (secondary N) is 1. The second-order valence-corrected chi connectivity index (χ2v) is 4.73. The molecule has 2 aromatic heterocycles. The number of aromatic nitrogens is 1. The summed E-state index contributed by atoms with van der Waals surface area (Å²) in [4.78, 5) is 28.0. The molecule has 0 spiro atoms. The third-order valence-electron chi connectivity index (χ3n) is 3.39. The number of benzene rings is 1. The van der Waals surface area contributed by atoms with E-state index in [4.69, 9.17) is 15.6 Å². The van der Waals surface area contributed by atoms with Gasteiger partial charge in [0.2, 0.25) is 0 Å². The molecule has 0 bridgehead atoms. The maximum Gasteiger partial charge on any atom is 0.338 e. The molecule has 0 saturated heterocycles. The smallest absolute Gasteiger partial charge is 0.338 e. The summed E-state index contributed by atoms with van der Waals surface area (Å²) >= 11 is 0. The number of rotatable bonds is 3. The summed E-state index contributed by atoms with van der Waals surface area (Å²) in [5.74, 6) is 1.87. The van der Waals surface area contributed by atoms with Crippen molar-refractivity contribution in [3.8, 4) is 12.3 Å². The van der Waals surface area contributed by atoms with E-state index in [0.717, 1.165) is 11.5 Å². The molecule has 0 fully saturated rings. The molecule has 0 unspecified atom stereocenters. The van der Waals surface area contributed by atoms with Crippen LogP contribution in [0.1, 0.15) is 10.4 Å². The Balaban J connectivity index is 2.45. The molecule has 3 aromatic rings. The van der Waals surface area contributed by atoms with Gasteiger partial charge in [-0.25, -0.2) is 9.59 Å². The molecule has 114 valence electrons. The average Bonchev–Trinajstić information content (AvgIpc) is 2.58. The second-order valence-electron chi connectivity index (χ2n) is 4.73. The van der Waals surface area contributed by atoms with Crippen molar-refractivity contribution in [2.75, 3.05) is 19.0 Å². The minimum atomic E-state index is -0.644. The van der Waals surface area contributed by atoms with Crippen molar-refractivity contribution in [3.63, 3.8) is 0 Å². The number of esters is 1. The number of pyridine rings is 1. The van der Waals surface area contributed by atoms with E-state index in [1.165, 1.54) is 7.11 Å². The van der Waals surface area contributed by atoms with E-state index in [1.54, 1.807) is 18.3 Å².